The Bertz CT molecular complexity index is 929. The smallest absolute Gasteiger partial charge is 0.142 e. The van der Waals surface area contributed by atoms with Crippen molar-refractivity contribution in [3.8, 4) is 34.2 Å². The molecule has 0 saturated carbocycles. The fraction of sp³-hybridized carbons (Fsp3) is 0.100. The van der Waals surface area contributed by atoms with Crippen LogP contribution < -0.4 is 10.5 Å². The van der Waals surface area contributed by atoms with Crippen molar-refractivity contribution in [2.75, 3.05) is 12.3 Å². The monoisotopic (exact) mass is 333 g/mol. The van der Waals surface area contributed by atoms with E-state index in [1.807, 2.05) is 31.2 Å². The third kappa shape index (κ3) is 3.43. The molecule has 0 spiro atoms. The second kappa shape index (κ2) is 7.02. The van der Waals surface area contributed by atoms with Crippen molar-refractivity contribution in [3.63, 3.8) is 0 Å². The number of anilines is 1. The number of hydrogen-bond acceptors (Lipinski definition) is 4. The Morgan fingerprint density at radius 3 is 2.32 bits per heavy atom. The van der Waals surface area contributed by atoms with Gasteiger partial charge in [-0.1, -0.05) is 12.1 Å². The van der Waals surface area contributed by atoms with Gasteiger partial charge < -0.3 is 10.5 Å². The van der Waals surface area contributed by atoms with E-state index < -0.39 is 0 Å². The average Bonchev–Trinajstić information content (AvgIpc) is 2.62. The van der Waals surface area contributed by atoms with Crippen LogP contribution in [0.25, 0.3) is 22.4 Å². The molecular weight excluding hydrogens is 317 g/mol. The van der Waals surface area contributed by atoms with Crippen LogP contribution in [0, 0.1) is 17.1 Å². The van der Waals surface area contributed by atoms with Gasteiger partial charge in [0.05, 0.1) is 12.3 Å². The zero-order valence-corrected chi connectivity index (χ0v) is 13.7. The van der Waals surface area contributed by atoms with Crippen LogP contribution in [-0.2, 0) is 0 Å². The number of halogens is 1. The third-order valence-electron chi connectivity index (χ3n) is 3.78. The van der Waals surface area contributed by atoms with E-state index in [9.17, 15) is 9.65 Å². The Kier molecular flexibility index (Phi) is 4.62. The minimum absolute atomic E-state index is 0.146. The lowest BCUT2D eigenvalue weighted by atomic mass is 9.98. The van der Waals surface area contributed by atoms with Crippen molar-refractivity contribution in [3.05, 3.63) is 66.0 Å². The first-order valence-corrected chi connectivity index (χ1v) is 7.82. The predicted molar refractivity (Wildman–Crippen MR) is 95.4 cm³/mol. The first-order valence-electron chi connectivity index (χ1n) is 7.82. The zero-order valence-electron chi connectivity index (χ0n) is 13.7. The van der Waals surface area contributed by atoms with Crippen LogP contribution in [0.3, 0.4) is 0 Å². The molecule has 5 heteroatoms. The summed E-state index contributed by atoms with van der Waals surface area (Å²) in [6.45, 7) is 2.50. The van der Waals surface area contributed by atoms with Gasteiger partial charge in [-0.05, 0) is 55.0 Å². The predicted octanol–water partition coefficient (Wildman–Crippen LogP) is 4.41. The fourth-order valence-corrected chi connectivity index (χ4v) is 2.58. The highest BCUT2D eigenvalue weighted by molar-refractivity contribution is 5.80. The van der Waals surface area contributed by atoms with Gasteiger partial charge in [0.1, 0.15) is 29.0 Å². The summed E-state index contributed by atoms with van der Waals surface area (Å²) in [5.41, 5.74) is 9.12. The van der Waals surface area contributed by atoms with Gasteiger partial charge in [0.25, 0.3) is 0 Å². The number of nitrogens with two attached hydrogens (primary N) is 1. The zero-order chi connectivity index (χ0) is 17.8. The largest absolute Gasteiger partial charge is 0.494 e. The number of ether oxygens (including phenoxy) is 1. The summed E-state index contributed by atoms with van der Waals surface area (Å²) in [7, 11) is 0. The van der Waals surface area contributed by atoms with Gasteiger partial charge in [-0.2, -0.15) is 5.26 Å². The normalized spacial score (nSPS) is 10.3. The molecule has 25 heavy (non-hydrogen) atoms. The topological polar surface area (TPSA) is 71.9 Å². The molecule has 1 heterocycles. The molecule has 3 rings (SSSR count). The lowest BCUT2D eigenvalue weighted by Crippen LogP contribution is -2.00. The number of hydrogen-bond donors (Lipinski definition) is 1. The molecule has 0 bridgehead atoms. The lowest BCUT2D eigenvalue weighted by Gasteiger charge is -2.11. The molecule has 0 saturated heterocycles. The van der Waals surface area contributed by atoms with Crippen LogP contribution in [0.4, 0.5) is 10.2 Å². The molecule has 0 unspecified atom stereocenters. The van der Waals surface area contributed by atoms with Gasteiger partial charge in [0.15, 0.2) is 0 Å². The Hall–Kier alpha value is -3.39. The molecule has 124 valence electrons. The third-order valence-corrected chi connectivity index (χ3v) is 3.78. The highest BCUT2D eigenvalue weighted by Gasteiger charge is 2.13. The van der Waals surface area contributed by atoms with Gasteiger partial charge >= 0.3 is 0 Å². The second-order valence-electron chi connectivity index (χ2n) is 5.39. The lowest BCUT2D eigenvalue weighted by molar-refractivity contribution is 0.340. The molecule has 1 aromatic heterocycles. The van der Waals surface area contributed by atoms with E-state index in [1.54, 1.807) is 18.2 Å². The van der Waals surface area contributed by atoms with Gasteiger partial charge in [-0.25, -0.2) is 9.37 Å². The molecular formula is C20H16FN3O. The van der Waals surface area contributed by atoms with Gasteiger partial charge in [0, 0.05) is 11.1 Å². The summed E-state index contributed by atoms with van der Waals surface area (Å²) in [5.74, 6) is 0.579. The van der Waals surface area contributed by atoms with Crippen LogP contribution in [0.2, 0.25) is 0 Å². The number of nitrogen functional groups attached to an aromatic ring is 1. The quantitative estimate of drug-likeness (QED) is 0.768. The first-order chi connectivity index (χ1) is 12.1. The Morgan fingerprint density at radius 2 is 1.72 bits per heavy atom. The first kappa shape index (κ1) is 16.5. The minimum atomic E-state index is -0.322. The van der Waals surface area contributed by atoms with E-state index in [-0.39, 0.29) is 11.6 Å². The second-order valence-corrected chi connectivity index (χ2v) is 5.39. The van der Waals surface area contributed by atoms with Crippen LogP contribution in [0.5, 0.6) is 5.75 Å². The molecule has 4 nitrogen and oxygen atoms in total. The van der Waals surface area contributed by atoms with Crippen molar-refractivity contribution in [1.82, 2.24) is 4.98 Å². The van der Waals surface area contributed by atoms with E-state index in [1.165, 1.54) is 12.1 Å². The molecule has 0 amide bonds. The van der Waals surface area contributed by atoms with Gasteiger partial charge in [-0.3, -0.25) is 0 Å². The molecule has 0 aliphatic carbocycles. The summed E-state index contributed by atoms with van der Waals surface area (Å²) in [4.78, 5) is 4.29. The number of pyridine rings is 1. The highest BCUT2D eigenvalue weighted by atomic mass is 19.1. The Labute approximate surface area is 145 Å². The van der Waals surface area contributed by atoms with E-state index in [0.29, 0.717) is 23.4 Å². The Morgan fingerprint density at radius 1 is 1.08 bits per heavy atom. The van der Waals surface area contributed by atoms with E-state index in [2.05, 4.69) is 11.1 Å². The van der Waals surface area contributed by atoms with Crippen LogP contribution >= 0.6 is 0 Å². The summed E-state index contributed by atoms with van der Waals surface area (Å²) in [5, 5.41) is 9.45. The van der Waals surface area contributed by atoms with Crippen LogP contribution in [-0.4, -0.2) is 11.6 Å². The number of rotatable bonds is 4. The van der Waals surface area contributed by atoms with Crippen molar-refractivity contribution >= 4 is 5.82 Å². The molecule has 0 fully saturated rings. The van der Waals surface area contributed by atoms with Gasteiger partial charge in [0.2, 0.25) is 0 Å². The number of nitriles is 1. The summed E-state index contributed by atoms with van der Waals surface area (Å²) in [6, 6.07) is 17.3. The molecule has 3 aromatic rings. The van der Waals surface area contributed by atoms with Crippen LogP contribution in [0.15, 0.2) is 54.6 Å². The number of benzene rings is 2. The summed E-state index contributed by atoms with van der Waals surface area (Å²) in [6.07, 6.45) is 0. The van der Waals surface area contributed by atoms with Crippen molar-refractivity contribution in [2.24, 2.45) is 0 Å². The molecule has 0 atom stereocenters. The highest BCUT2D eigenvalue weighted by Crippen LogP contribution is 2.32. The molecule has 0 aliphatic heterocycles. The van der Waals surface area contributed by atoms with Crippen molar-refractivity contribution < 1.29 is 9.13 Å². The molecule has 2 aromatic carbocycles. The van der Waals surface area contributed by atoms with E-state index in [4.69, 9.17) is 10.5 Å². The fourth-order valence-electron chi connectivity index (χ4n) is 2.58. The summed E-state index contributed by atoms with van der Waals surface area (Å²) >= 11 is 0. The SMILES string of the molecule is CCOc1ccc(-c2cc(-c3ccc(F)cc3)nc(N)c2C#N)cc1. The Balaban J connectivity index is 2.11. The maximum atomic E-state index is 13.1. The minimum Gasteiger partial charge on any atom is -0.494 e. The van der Waals surface area contributed by atoms with Crippen molar-refractivity contribution in [2.45, 2.75) is 6.92 Å². The van der Waals surface area contributed by atoms with Gasteiger partial charge in [-0.15, -0.1) is 0 Å². The number of nitrogens with zero attached hydrogens (tertiary/aromatic N) is 2. The maximum Gasteiger partial charge on any atom is 0.142 e. The summed E-state index contributed by atoms with van der Waals surface area (Å²) < 4.78 is 18.6. The van der Waals surface area contributed by atoms with Crippen molar-refractivity contribution in [1.29, 1.82) is 5.26 Å². The molecule has 0 aliphatic rings. The standard InChI is InChI=1S/C20H16FN3O/c1-2-25-16-9-5-13(6-10-16)17-11-19(24-20(23)18(17)12-22)14-3-7-15(21)8-4-14/h3-11H,2H2,1H3,(H2,23,24). The maximum absolute atomic E-state index is 13.1. The molecule has 0 radical (unpaired) electrons. The van der Waals surface area contributed by atoms with Crippen LogP contribution in [0.1, 0.15) is 12.5 Å². The average molecular weight is 333 g/mol. The van der Waals surface area contributed by atoms with E-state index >= 15 is 0 Å². The van der Waals surface area contributed by atoms with E-state index in [0.717, 1.165) is 16.9 Å². The molecule has 2 N–H and O–H groups in total. The number of aromatic nitrogens is 1.